The normalized spacial score (nSPS) is 16.4. The van der Waals surface area contributed by atoms with Gasteiger partial charge in [0.2, 0.25) is 0 Å². The summed E-state index contributed by atoms with van der Waals surface area (Å²) in [6.07, 6.45) is 4.91. The van der Waals surface area contributed by atoms with Crippen LogP contribution in [0.1, 0.15) is 24.0 Å². The highest BCUT2D eigenvalue weighted by Crippen LogP contribution is 2.32. The number of nitrogens with zero attached hydrogens (tertiary/aromatic N) is 3. The van der Waals surface area contributed by atoms with Crippen LogP contribution in [0.4, 0.5) is 5.82 Å². The summed E-state index contributed by atoms with van der Waals surface area (Å²) in [5.74, 6) is 0.993. The van der Waals surface area contributed by atoms with E-state index in [2.05, 4.69) is 72.8 Å². The Balaban J connectivity index is 1.61. The van der Waals surface area contributed by atoms with E-state index in [1.54, 1.807) is 17.7 Å². The van der Waals surface area contributed by atoms with E-state index < -0.39 is 0 Å². The van der Waals surface area contributed by atoms with Crippen molar-refractivity contribution in [1.29, 1.82) is 0 Å². The summed E-state index contributed by atoms with van der Waals surface area (Å²) in [6, 6.07) is 9.02. The molecule has 6 heteroatoms. The fourth-order valence-corrected chi connectivity index (χ4v) is 4.52. The highest BCUT2D eigenvalue weighted by atomic mass is 79.9. The summed E-state index contributed by atoms with van der Waals surface area (Å²) < 4.78 is 1.11. The Morgan fingerprint density at radius 2 is 1.96 bits per heavy atom. The molecule has 0 amide bonds. The second kappa shape index (κ2) is 7.40. The molecule has 0 unspecified atom stereocenters. The van der Waals surface area contributed by atoms with Gasteiger partial charge in [-0.15, -0.1) is 11.3 Å². The van der Waals surface area contributed by atoms with E-state index in [1.807, 2.05) is 0 Å². The van der Waals surface area contributed by atoms with Gasteiger partial charge in [0, 0.05) is 10.5 Å². The standard InChI is InChI=1S/C19H21BrN4S/c1-24-8-6-16(7-9-24)23-18-17-14(11-25-19(17)22-12-21-18)10-13-2-4-15(20)5-3-13/h2-5,11-12,16H,6-10H2,1H3,(H,21,22,23). The number of nitrogens with one attached hydrogen (secondary N) is 1. The van der Waals surface area contributed by atoms with Crippen LogP contribution in [0.3, 0.4) is 0 Å². The van der Waals surface area contributed by atoms with Crippen molar-refractivity contribution in [3.63, 3.8) is 0 Å². The molecule has 3 aromatic rings. The molecule has 4 rings (SSSR count). The SMILES string of the molecule is CN1CCC(Nc2ncnc3scc(Cc4ccc(Br)cc4)c23)CC1. The Morgan fingerprint density at radius 3 is 2.72 bits per heavy atom. The molecule has 0 bridgehead atoms. The number of hydrogen-bond acceptors (Lipinski definition) is 5. The van der Waals surface area contributed by atoms with Crippen LogP contribution >= 0.6 is 27.3 Å². The molecule has 130 valence electrons. The number of thiophene rings is 1. The van der Waals surface area contributed by atoms with Gasteiger partial charge in [0.25, 0.3) is 0 Å². The predicted octanol–water partition coefficient (Wildman–Crippen LogP) is 4.55. The second-order valence-corrected chi connectivity index (χ2v) is 8.46. The highest BCUT2D eigenvalue weighted by molar-refractivity contribution is 9.10. The van der Waals surface area contributed by atoms with Gasteiger partial charge in [0.1, 0.15) is 17.0 Å². The van der Waals surface area contributed by atoms with Crippen LogP contribution in [-0.2, 0) is 6.42 Å². The molecule has 1 saturated heterocycles. The molecule has 3 heterocycles. The lowest BCUT2D eigenvalue weighted by Crippen LogP contribution is -2.36. The molecule has 4 nitrogen and oxygen atoms in total. The van der Waals surface area contributed by atoms with E-state index in [9.17, 15) is 0 Å². The Labute approximate surface area is 160 Å². The van der Waals surface area contributed by atoms with E-state index in [-0.39, 0.29) is 0 Å². The second-order valence-electron chi connectivity index (χ2n) is 6.69. The third-order valence-corrected chi connectivity index (χ3v) is 6.28. The van der Waals surface area contributed by atoms with Gasteiger partial charge in [-0.3, -0.25) is 0 Å². The maximum Gasteiger partial charge on any atom is 0.138 e. The van der Waals surface area contributed by atoms with Crippen molar-refractivity contribution in [2.24, 2.45) is 0 Å². The molecule has 1 aliphatic heterocycles. The molecular formula is C19H21BrN4S. The van der Waals surface area contributed by atoms with Gasteiger partial charge >= 0.3 is 0 Å². The van der Waals surface area contributed by atoms with E-state index >= 15 is 0 Å². The third kappa shape index (κ3) is 3.86. The summed E-state index contributed by atoms with van der Waals surface area (Å²) in [5, 5.41) is 7.10. The Morgan fingerprint density at radius 1 is 1.20 bits per heavy atom. The van der Waals surface area contributed by atoms with E-state index in [1.165, 1.54) is 16.5 Å². The summed E-state index contributed by atoms with van der Waals surface area (Å²) >= 11 is 5.21. The minimum atomic E-state index is 0.495. The first-order valence-corrected chi connectivity index (χ1v) is 10.3. The van der Waals surface area contributed by atoms with E-state index in [0.717, 1.165) is 47.5 Å². The van der Waals surface area contributed by atoms with Crippen molar-refractivity contribution in [3.8, 4) is 0 Å². The smallest absolute Gasteiger partial charge is 0.138 e. The predicted molar refractivity (Wildman–Crippen MR) is 109 cm³/mol. The molecular weight excluding hydrogens is 396 g/mol. The Hall–Kier alpha value is -1.50. The van der Waals surface area contributed by atoms with Crippen molar-refractivity contribution in [2.45, 2.75) is 25.3 Å². The lowest BCUT2D eigenvalue weighted by molar-refractivity contribution is 0.264. The average molecular weight is 417 g/mol. The van der Waals surface area contributed by atoms with Crippen LogP contribution < -0.4 is 5.32 Å². The molecule has 2 aromatic heterocycles. The number of likely N-dealkylation sites (tertiary alicyclic amines) is 1. The van der Waals surface area contributed by atoms with E-state index in [4.69, 9.17) is 0 Å². The summed E-state index contributed by atoms with van der Waals surface area (Å²) in [4.78, 5) is 12.5. The van der Waals surface area contributed by atoms with Crippen molar-refractivity contribution >= 4 is 43.3 Å². The van der Waals surface area contributed by atoms with Crippen LogP contribution in [0, 0.1) is 0 Å². The highest BCUT2D eigenvalue weighted by Gasteiger charge is 2.19. The topological polar surface area (TPSA) is 41.0 Å². The van der Waals surface area contributed by atoms with E-state index in [0.29, 0.717) is 6.04 Å². The van der Waals surface area contributed by atoms with Gasteiger partial charge < -0.3 is 10.2 Å². The van der Waals surface area contributed by atoms with Crippen LogP contribution in [0.25, 0.3) is 10.2 Å². The van der Waals surface area contributed by atoms with Gasteiger partial charge in [-0.25, -0.2) is 9.97 Å². The van der Waals surface area contributed by atoms with Crippen LogP contribution in [-0.4, -0.2) is 41.0 Å². The minimum Gasteiger partial charge on any atom is -0.367 e. The van der Waals surface area contributed by atoms with Crippen molar-refractivity contribution < 1.29 is 0 Å². The Kier molecular flexibility index (Phi) is 5.01. The fraction of sp³-hybridized carbons (Fsp3) is 0.368. The minimum absolute atomic E-state index is 0.495. The molecule has 1 N–H and O–H groups in total. The average Bonchev–Trinajstić information content (AvgIpc) is 3.03. The first-order chi connectivity index (χ1) is 12.2. The number of rotatable bonds is 4. The lowest BCUT2D eigenvalue weighted by atomic mass is 10.0. The third-order valence-electron chi connectivity index (χ3n) is 4.81. The summed E-state index contributed by atoms with van der Waals surface area (Å²) in [5.41, 5.74) is 2.61. The largest absolute Gasteiger partial charge is 0.367 e. The number of hydrogen-bond donors (Lipinski definition) is 1. The van der Waals surface area contributed by atoms with Crippen molar-refractivity contribution in [1.82, 2.24) is 14.9 Å². The summed E-state index contributed by atoms with van der Waals surface area (Å²) in [7, 11) is 2.19. The van der Waals surface area contributed by atoms with Gasteiger partial charge in [0.15, 0.2) is 0 Å². The summed E-state index contributed by atoms with van der Waals surface area (Å²) in [6.45, 7) is 2.28. The maximum absolute atomic E-state index is 4.57. The molecule has 25 heavy (non-hydrogen) atoms. The number of halogens is 1. The number of benzene rings is 1. The van der Waals surface area contributed by atoms with Crippen LogP contribution in [0.15, 0.2) is 40.4 Å². The van der Waals surface area contributed by atoms with Crippen molar-refractivity contribution in [3.05, 3.63) is 51.6 Å². The maximum atomic E-state index is 4.57. The Bertz CT molecular complexity index is 853. The zero-order valence-electron chi connectivity index (χ0n) is 14.2. The van der Waals surface area contributed by atoms with Gasteiger partial charge in [-0.2, -0.15) is 0 Å². The monoisotopic (exact) mass is 416 g/mol. The molecule has 1 aromatic carbocycles. The lowest BCUT2D eigenvalue weighted by Gasteiger charge is -2.30. The zero-order valence-corrected chi connectivity index (χ0v) is 16.6. The van der Waals surface area contributed by atoms with Crippen LogP contribution in [0.2, 0.25) is 0 Å². The van der Waals surface area contributed by atoms with Gasteiger partial charge in [-0.05, 0) is 68.0 Å². The quantitative estimate of drug-likeness (QED) is 0.676. The molecule has 0 atom stereocenters. The molecule has 0 radical (unpaired) electrons. The first-order valence-electron chi connectivity index (χ1n) is 8.59. The van der Waals surface area contributed by atoms with Gasteiger partial charge in [-0.1, -0.05) is 28.1 Å². The molecule has 1 aliphatic rings. The molecule has 0 spiro atoms. The van der Waals surface area contributed by atoms with Gasteiger partial charge in [0.05, 0.1) is 5.39 Å². The number of aromatic nitrogens is 2. The van der Waals surface area contributed by atoms with Crippen molar-refractivity contribution in [2.75, 3.05) is 25.5 Å². The molecule has 0 aliphatic carbocycles. The fourth-order valence-electron chi connectivity index (χ4n) is 3.34. The van der Waals surface area contributed by atoms with Crippen LogP contribution in [0.5, 0.6) is 0 Å². The zero-order chi connectivity index (χ0) is 17.2. The molecule has 0 saturated carbocycles. The first kappa shape index (κ1) is 16.9. The number of fused-ring (bicyclic) bond motifs is 1. The molecule has 1 fully saturated rings. The number of anilines is 1. The number of piperidine rings is 1.